The molecule has 10 aromatic carbocycles. The summed E-state index contributed by atoms with van der Waals surface area (Å²) in [5, 5.41) is 0. The van der Waals surface area contributed by atoms with Crippen molar-refractivity contribution in [1.82, 2.24) is 27.4 Å². The minimum Gasteiger partial charge on any atom is -0.340 e. The molecule has 0 spiro atoms. The summed E-state index contributed by atoms with van der Waals surface area (Å²) in [7, 11) is -19.8. The van der Waals surface area contributed by atoms with Gasteiger partial charge in [-0.15, -0.1) is 41.0 Å². The van der Waals surface area contributed by atoms with E-state index in [0.717, 1.165) is 78.5 Å². The largest absolute Gasteiger partial charge is 1.00 e. The van der Waals surface area contributed by atoms with Gasteiger partial charge in [0.25, 0.3) is 0 Å². The quantitative estimate of drug-likeness (QED) is 0.0777. The van der Waals surface area contributed by atoms with Crippen molar-refractivity contribution in [2.45, 2.75) is 162 Å². The molecule has 124 heavy (non-hydrogen) atoms. The van der Waals surface area contributed by atoms with Crippen molar-refractivity contribution >= 4 is 66.2 Å². The number of halogens is 4. The van der Waals surface area contributed by atoms with E-state index in [2.05, 4.69) is 321 Å². The summed E-state index contributed by atoms with van der Waals surface area (Å²) in [6, 6.07) is 53.3. The van der Waals surface area contributed by atoms with E-state index in [-0.39, 0.29) is 34.1 Å². The van der Waals surface area contributed by atoms with Gasteiger partial charge in [0.15, 0.2) is 22.1 Å². The number of benzene rings is 10. The average molecular weight is 1860 g/mol. The smallest absolute Gasteiger partial charge is 0.340 e. The van der Waals surface area contributed by atoms with Crippen molar-refractivity contribution in [3.05, 3.63) is 317 Å². The molecule has 12 heterocycles. The van der Waals surface area contributed by atoms with Gasteiger partial charge in [-0.25, -0.2) is 92.8 Å². The molecule has 34 heteroatoms. The van der Waals surface area contributed by atoms with E-state index in [9.17, 15) is 0 Å². The first-order valence-corrected chi connectivity index (χ1v) is 43.9. The van der Waals surface area contributed by atoms with Crippen LogP contribution in [0.4, 0.5) is 0 Å². The Balaban J connectivity index is 0.000000173. The van der Waals surface area contributed by atoms with Crippen LogP contribution in [0.2, 0.25) is 0 Å². The van der Waals surface area contributed by atoms with Gasteiger partial charge in [0, 0.05) is 66.4 Å². The zero-order valence-electron chi connectivity index (χ0n) is 69.5. The summed E-state index contributed by atoms with van der Waals surface area (Å²) in [6.45, 7) is 37.5. The minimum absolute atomic E-state index is 0. The van der Waals surface area contributed by atoms with Gasteiger partial charge in [0.05, 0.1) is 52.4 Å². The summed E-state index contributed by atoms with van der Waals surface area (Å²) in [5.74, 6) is 0. The van der Waals surface area contributed by atoms with Gasteiger partial charge in [0.1, 0.15) is 26.2 Å². The van der Waals surface area contributed by atoms with Gasteiger partial charge in [-0.05, 0) is 219 Å². The predicted octanol–water partition coefficient (Wildman–Crippen LogP) is -5.47. The molecule has 6 aliphatic rings. The topological polar surface area (TPSA) is 422 Å². The van der Waals surface area contributed by atoms with Crippen LogP contribution < -0.4 is 102 Å². The van der Waals surface area contributed by atoms with E-state index in [4.69, 9.17) is 74.5 Å². The number of aromatic nitrogens is 12. The predicted molar refractivity (Wildman–Crippen MR) is 400 cm³/mol. The molecule has 0 atom stereocenters. The number of imidazole rings is 6. The van der Waals surface area contributed by atoms with Crippen molar-refractivity contribution in [3.8, 4) is 0 Å². The van der Waals surface area contributed by atoms with Crippen molar-refractivity contribution in [3.63, 3.8) is 0 Å². The normalized spacial score (nSPS) is 13.5. The fourth-order valence-corrected chi connectivity index (χ4v) is 19.0. The van der Waals surface area contributed by atoms with E-state index in [1.54, 1.807) is 0 Å². The summed E-state index contributed by atoms with van der Waals surface area (Å²) in [6.07, 6.45) is 20.3. The van der Waals surface area contributed by atoms with Gasteiger partial charge in [-0.1, -0.05) is 121 Å². The molecule has 652 valence electrons. The van der Waals surface area contributed by atoms with E-state index in [1.807, 2.05) is 0 Å². The van der Waals surface area contributed by atoms with Crippen molar-refractivity contribution < 1.29 is 177 Å². The summed E-state index contributed by atoms with van der Waals surface area (Å²) < 4.78 is 165. The Kier molecular flexibility index (Phi) is 26.6. The maximum Gasteiger partial charge on any atom is 1.00 e. The Bertz CT molecular complexity index is 5350. The van der Waals surface area contributed by atoms with E-state index in [1.165, 1.54) is 200 Å². The third-order valence-electron chi connectivity index (χ3n) is 25.1. The molecule has 0 amide bonds. The third kappa shape index (κ3) is 18.9. The summed E-state index contributed by atoms with van der Waals surface area (Å²) in [5.41, 5.74) is 47.9. The zero-order valence-corrected chi connectivity index (χ0v) is 74.4. The van der Waals surface area contributed by atoms with Crippen LogP contribution in [0.15, 0.2) is 158 Å². The van der Waals surface area contributed by atoms with Crippen LogP contribution in [-0.4, -0.2) is 27.4 Å². The van der Waals surface area contributed by atoms with Crippen LogP contribution in [0, 0.1) is 149 Å². The number of hydrogen-bond acceptors (Lipinski definition) is 16. The molecule has 6 aromatic heterocycles. The molecule has 0 saturated heterocycles. The van der Waals surface area contributed by atoms with Crippen LogP contribution in [0.3, 0.4) is 0 Å². The van der Waals surface area contributed by atoms with Crippen LogP contribution in [0.5, 0.6) is 0 Å². The Labute approximate surface area is 744 Å². The second kappa shape index (κ2) is 35.8. The van der Waals surface area contributed by atoms with Gasteiger partial charge < -0.3 is 36.5 Å². The first-order valence-electron chi connectivity index (χ1n) is 39.0. The van der Waals surface area contributed by atoms with Gasteiger partial charge in [0.2, 0.25) is 38.0 Å². The molecule has 0 N–H and O–H groups in total. The number of fused-ring (bicyclic) bond motifs is 6. The van der Waals surface area contributed by atoms with Gasteiger partial charge in [-0.2, -0.15) is 0 Å². The molecule has 22 rings (SSSR count). The monoisotopic (exact) mass is 1860 g/mol. The van der Waals surface area contributed by atoms with Crippen molar-refractivity contribution in [2.24, 2.45) is 0 Å². The first-order chi connectivity index (χ1) is 57.5. The minimum atomic E-state index is -4.94. The zero-order chi connectivity index (χ0) is 87.4. The van der Waals surface area contributed by atoms with Crippen molar-refractivity contribution in [2.75, 3.05) is 0 Å². The molecular formula is C90H86Cl4Cu2N12O16. The molecule has 28 nitrogen and oxygen atoms in total. The number of nitrogens with zero attached hydrogens (tertiary/aromatic N) is 12. The fourth-order valence-electron chi connectivity index (χ4n) is 19.0. The van der Waals surface area contributed by atoms with E-state index in [0.29, 0.717) is 0 Å². The molecule has 0 saturated carbocycles. The third-order valence-corrected chi connectivity index (χ3v) is 25.1. The number of hydrogen-bond donors (Lipinski definition) is 0. The molecule has 6 aliphatic heterocycles. The molecule has 0 aliphatic carbocycles. The van der Waals surface area contributed by atoms with Crippen molar-refractivity contribution in [1.29, 1.82) is 0 Å². The molecule has 24 bridgehead atoms. The fraction of sp³-hybridized carbons (Fsp3) is 0.267. The average Bonchev–Trinajstić information content (AvgIpc) is 1.52. The van der Waals surface area contributed by atoms with Crippen LogP contribution in [-0.2, 0) is 113 Å². The van der Waals surface area contributed by atoms with E-state index >= 15 is 0 Å². The van der Waals surface area contributed by atoms with Crippen LogP contribution in [0.1, 0.15) is 134 Å². The Morgan fingerprint density at radius 1 is 0.218 bits per heavy atom. The van der Waals surface area contributed by atoms with Gasteiger partial charge in [-0.3, -0.25) is 0 Å². The number of rotatable bonds is 0. The molecular weight excluding hydrogens is 1770 g/mol. The maximum absolute atomic E-state index is 8.49. The summed E-state index contributed by atoms with van der Waals surface area (Å²) >= 11 is 0. The second-order valence-corrected chi connectivity index (χ2v) is 34.5. The molecule has 0 radical (unpaired) electrons. The maximum atomic E-state index is 8.49. The first kappa shape index (κ1) is 92.3. The Morgan fingerprint density at radius 2 is 0.379 bits per heavy atom. The second-order valence-electron chi connectivity index (χ2n) is 31.5. The van der Waals surface area contributed by atoms with Crippen LogP contribution >= 0.6 is 0 Å². The Hall–Kier alpha value is -9.42. The Morgan fingerprint density at radius 3 is 0.589 bits per heavy atom. The molecule has 16 aromatic rings. The molecule has 0 fully saturated rings. The standard InChI is InChI=1S/2C45H43N6.4ClHO4.2Cu/c2*1-28-34-19-46-25-49(42-15-9-7-13-40(42)46)22-37-31(4)38-23-50-26-47(41-14-8-10-16-43(41)50)20-35(28)30(3)36(29(34)2)21-48-27-51(24-39(32(37)5)33(38)6)45-18-12-11-17-44(45)48;4*2-1(3,4)5;;/h2*7-18,25H,19-24H2,1-6H3;4*(H,2,3,4,5);;/q2*+1;;;;;2*+1/p-4. The van der Waals surface area contributed by atoms with Gasteiger partial charge >= 0.3 is 34.1 Å². The van der Waals surface area contributed by atoms with E-state index < -0.39 is 41.0 Å². The summed E-state index contributed by atoms with van der Waals surface area (Å²) in [4.78, 5) is 0. The SMILES string of the molecule is Cc1c2c(C)c3c(C)c1Cn1[c-][n+](c4ccccc41)Cc1c(C)c(c(C)c(c1C)C[n+]1cn(c4ccccc41)C3)C[n+]1[c-]n(c3ccccc31)C2.Cc1c2c(C)c3c(C)c1Cn1[c-][n+](c4ccccc41)Cc1c(C)c(c(C)c(c1C)C[n+]1cn(c4ccccc41)C3)C[n+]1[c-]n(c3ccccc31)C2.[Cu+].[Cu+].[O-][Cl+3]([O-])([O-])[O-].[O-][Cl+3]([O-])([O-])[O-].[O-][Cl+3]([O-])([O-])[O-].[O-][Cl+3]([O-])([O-])[O-]. The number of para-hydroxylation sites is 12. The molecule has 0 unspecified atom stereocenters. The van der Waals surface area contributed by atoms with Crippen LogP contribution in [0.25, 0.3) is 66.2 Å².